The molecule has 3 heteroatoms. The van der Waals surface area contributed by atoms with E-state index in [1.165, 1.54) is 109 Å². The van der Waals surface area contributed by atoms with Crippen LogP contribution in [-0.4, -0.2) is 16.2 Å². The average Bonchev–Trinajstić information content (AvgIpc) is 2.86. The van der Waals surface area contributed by atoms with Gasteiger partial charge >= 0.3 is 5.97 Å². The smallest absolute Gasteiger partial charge is 0.303 e. The van der Waals surface area contributed by atoms with Gasteiger partial charge in [-0.1, -0.05) is 169 Å². The van der Waals surface area contributed by atoms with Gasteiger partial charge in [-0.05, 0) is 40.4 Å². The number of carboxylic acids is 1. The molecule has 0 saturated carbocycles. The molecule has 1 unspecified atom stereocenters. The minimum Gasteiger partial charge on any atom is -0.507 e. The Labute approximate surface area is 242 Å². The third-order valence-corrected chi connectivity index (χ3v) is 8.39. The fourth-order valence-electron chi connectivity index (χ4n) is 5.82. The first-order valence-electron chi connectivity index (χ1n) is 16.7. The molecule has 0 saturated heterocycles. The molecule has 39 heavy (non-hydrogen) atoms. The molecule has 0 radical (unpaired) electrons. The van der Waals surface area contributed by atoms with Crippen LogP contribution < -0.4 is 0 Å². The number of unbranched alkanes of at least 4 members (excludes halogenated alkanes) is 17. The number of carbonyl (C=O) groups is 1. The van der Waals surface area contributed by atoms with E-state index < -0.39 is 5.97 Å². The summed E-state index contributed by atoms with van der Waals surface area (Å²) in [5.74, 6) is -0.160. The van der Waals surface area contributed by atoms with Gasteiger partial charge in [-0.2, -0.15) is 0 Å². The standard InChI is InChI=1S/C36H64O3/c1-7-8-9-10-11-12-13-14-15-16-17-18-19-20-21-22-23-24-25-30(28-34(37)38)31-26-32(29(2)3)35(39)33(27-31)36(4,5)6/h26-27,29-30,39H,7-25,28H2,1-6H3,(H,37,38). The first-order chi connectivity index (χ1) is 18.6. The molecular formula is C36H64O3. The van der Waals surface area contributed by atoms with Gasteiger partial charge in [-0.3, -0.25) is 4.79 Å². The number of aromatic hydroxyl groups is 1. The Morgan fingerprint density at radius 3 is 1.49 bits per heavy atom. The number of hydrogen-bond acceptors (Lipinski definition) is 2. The lowest BCUT2D eigenvalue weighted by atomic mass is 9.79. The third-order valence-electron chi connectivity index (χ3n) is 8.39. The van der Waals surface area contributed by atoms with E-state index in [4.69, 9.17) is 0 Å². The zero-order chi connectivity index (χ0) is 29.1. The zero-order valence-corrected chi connectivity index (χ0v) is 26.8. The molecule has 0 aliphatic carbocycles. The van der Waals surface area contributed by atoms with Gasteiger partial charge in [0.25, 0.3) is 0 Å². The summed E-state index contributed by atoms with van der Waals surface area (Å²) in [6.07, 6.45) is 25.5. The molecule has 1 rings (SSSR count). The van der Waals surface area contributed by atoms with Crippen LogP contribution in [0.2, 0.25) is 0 Å². The maximum absolute atomic E-state index is 11.7. The Balaban J connectivity index is 2.29. The van der Waals surface area contributed by atoms with E-state index in [1.807, 2.05) is 0 Å². The Hall–Kier alpha value is -1.51. The molecule has 0 spiro atoms. The van der Waals surface area contributed by atoms with Crippen molar-refractivity contribution in [3.05, 3.63) is 28.8 Å². The van der Waals surface area contributed by atoms with E-state index in [-0.39, 0.29) is 23.7 Å². The minimum absolute atomic E-state index is 0.00255. The van der Waals surface area contributed by atoms with Crippen molar-refractivity contribution in [2.24, 2.45) is 0 Å². The van der Waals surface area contributed by atoms with E-state index >= 15 is 0 Å². The van der Waals surface area contributed by atoms with Crippen molar-refractivity contribution in [3.63, 3.8) is 0 Å². The van der Waals surface area contributed by atoms with Crippen LogP contribution in [0.5, 0.6) is 5.75 Å². The molecule has 2 N–H and O–H groups in total. The highest BCUT2D eigenvalue weighted by Crippen LogP contribution is 2.40. The lowest BCUT2D eigenvalue weighted by Gasteiger charge is -2.26. The summed E-state index contributed by atoms with van der Waals surface area (Å²) in [5, 5.41) is 20.5. The normalized spacial score (nSPS) is 12.8. The van der Waals surface area contributed by atoms with E-state index in [0.717, 1.165) is 29.5 Å². The molecule has 1 aromatic carbocycles. The number of hydrogen-bond donors (Lipinski definition) is 2. The second-order valence-electron chi connectivity index (χ2n) is 13.5. The number of benzene rings is 1. The zero-order valence-electron chi connectivity index (χ0n) is 26.8. The first-order valence-corrected chi connectivity index (χ1v) is 16.7. The second kappa shape index (κ2) is 20.4. The highest BCUT2D eigenvalue weighted by molar-refractivity contribution is 5.68. The Bertz CT molecular complexity index is 774. The maximum atomic E-state index is 11.7. The highest BCUT2D eigenvalue weighted by Gasteiger charge is 2.25. The number of aliphatic carboxylic acids is 1. The summed E-state index contributed by atoms with van der Waals surface area (Å²) >= 11 is 0. The van der Waals surface area contributed by atoms with Crippen LogP contribution in [0, 0.1) is 0 Å². The van der Waals surface area contributed by atoms with Crippen molar-refractivity contribution in [2.45, 2.75) is 187 Å². The van der Waals surface area contributed by atoms with Crippen LogP contribution >= 0.6 is 0 Å². The van der Waals surface area contributed by atoms with Crippen LogP contribution in [0.3, 0.4) is 0 Å². The summed E-state index contributed by atoms with van der Waals surface area (Å²) in [7, 11) is 0. The van der Waals surface area contributed by atoms with Gasteiger partial charge in [0, 0.05) is 0 Å². The summed E-state index contributed by atoms with van der Waals surface area (Å²) in [6.45, 7) is 12.8. The van der Waals surface area contributed by atoms with Gasteiger partial charge in [0.15, 0.2) is 0 Å². The summed E-state index contributed by atoms with van der Waals surface area (Å²) < 4.78 is 0. The summed E-state index contributed by atoms with van der Waals surface area (Å²) in [5.41, 5.74) is 2.75. The molecule has 0 aliphatic heterocycles. The van der Waals surface area contributed by atoms with Crippen molar-refractivity contribution in [1.29, 1.82) is 0 Å². The molecule has 0 heterocycles. The van der Waals surface area contributed by atoms with Crippen molar-refractivity contribution in [3.8, 4) is 5.75 Å². The molecular weight excluding hydrogens is 480 g/mol. The van der Waals surface area contributed by atoms with Crippen LogP contribution in [0.15, 0.2) is 12.1 Å². The van der Waals surface area contributed by atoms with Crippen LogP contribution in [0.4, 0.5) is 0 Å². The summed E-state index contributed by atoms with van der Waals surface area (Å²) in [6, 6.07) is 4.14. The van der Waals surface area contributed by atoms with Crippen molar-refractivity contribution in [2.75, 3.05) is 0 Å². The quantitative estimate of drug-likeness (QED) is 0.135. The number of carboxylic acid groups (broad SMARTS) is 1. The fraction of sp³-hybridized carbons (Fsp3) is 0.806. The van der Waals surface area contributed by atoms with Gasteiger partial charge in [0.2, 0.25) is 0 Å². The van der Waals surface area contributed by atoms with Crippen molar-refractivity contribution >= 4 is 5.97 Å². The number of rotatable bonds is 23. The van der Waals surface area contributed by atoms with Crippen LogP contribution in [0.25, 0.3) is 0 Å². The minimum atomic E-state index is -0.737. The van der Waals surface area contributed by atoms with Crippen LogP contribution in [-0.2, 0) is 10.2 Å². The molecule has 1 aromatic rings. The van der Waals surface area contributed by atoms with Gasteiger partial charge in [-0.15, -0.1) is 0 Å². The fourth-order valence-corrected chi connectivity index (χ4v) is 5.82. The lowest BCUT2D eigenvalue weighted by molar-refractivity contribution is -0.137. The molecule has 3 nitrogen and oxygen atoms in total. The van der Waals surface area contributed by atoms with E-state index in [2.05, 4.69) is 53.7 Å². The Morgan fingerprint density at radius 2 is 1.13 bits per heavy atom. The highest BCUT2D eigenvalue weighted by atomic mass is 16.4. The van der Waals surface area contributed by atoms with Gasteiger partial charge in [-0.25, -0.2) is 0 Å². The molecule has 0 aliphatic rings. The monoisotopic (exact) mass is 544 g/mol. The van der Waals surface area contributed by atoms with E-state index in [9.17, 15) is 15.0 Å². The molecule has 0 amide bonds. The maximum Gasteiger partial charge on any atom is 0.303 e. The number of phenols is 1. The van der Waals surface area contributed by atoms with Gasteiger partial charge in [0.1, 0.15) is 5.75 Å². The molecule has 0 aromatic heterocycles. The predicted octanol–water partition coefficient (Wildman–Crippen LogP) is 11.8. The Morgan fingerprint density at radius 1 is 0.718 bits per heavy atom. The SMILES string of the molecule is CCCCCCCCCCCCCCCCCCCCC(CC(=O)O)c1cc(C(C)C)c(O)c(C(C)(C)C)c1. The molecule has 0 fully saturated rings. The second-order valence-corrected chi connectivity index (χ2v) is 13.5. The van der Waals surface area contributed by atoms with E-state index in [1.54, 1.807) is 0 Å². The molecule has 1 atom stereocenters. The first kappa shape index (κ1) is 35.5. The lowest BCUT2D eigenvalue weighted by Crippen LogP contribution is -2.15. The number of phenolic OH excluding ortho intramolecular Hbond substituents is 1. The van der Waals surface area contributed by atoms with Crippen molar-refractivity contribution in [1.82, 2.24) is 0 Å². The molecule has 0 bridgehead atoms. The Kier molecular flexibility index (Phi) is 18.6. The topological polar surface area (TPSA) is 57.5 Å². The van der Waals surface area contributed by atoms with Crippen molar-refractivity contribution < 1.29 is 15.0 Å². The third kappa shape index (κ3) is 15.8. The largest absolute Gasteiger partial charge is 0.507 e. The van der Waals surface area contributed by atoms with E-state index in [0.29, 0.717) is 5.75 Å². The molecule has 226 valence electrons. The van der Waals surface area contributed by atoms with Gasteiger partial charge < -0.3 is 10.2 Å². The average molecular weight is 545 g/mol. The predicted molar refractivity (Wildman–Crippen MR) is 169 cm³/mol. The van der Waals surface area contributed by atoms with Crippen LogP contribution in [0.1, 0.15) is 198 Å². The summed E-state index contributed by atoms with van der Waals surface area (Å²) in [4.78, 5) is 11.7. The van der Waals surface area contributed by atoms with Gasteiger partial charge in [0.05, 0.1) is 6.42 Å².